The average molecular weight is 486 g/mol. The number of carbonyl (C=O) groups is 1. The van der Waals surface area contributed by atoms with Crippen LogP contribution in [0.25, 0.3) is 15.4 Å². The third kappa shape index (κ3) is 5.09. The summed E-state index contributed by atoms with van der Waals surface area (Å²) in [7, 11) is 0. The molecule has 0 atom stereocenters. The Balaban J connectivity index is 1.28. The molecular weight excluding hydrogens is 463 g/mol. The van der Waals surface area contributed by atoms with Crippen LogP contribution in [0, 0.1) is 0 Å². The molecule has 1 amide bonds. The van der Waals surface area contributed by atoms with Gasteiger partial charge in [0.2, 0.25) is 0 Å². The summed E-state index contributed by atoms with van der Waals surface area (Å²) in [6, 6.07) is 13.8. The van der Waals surface area contributed by atoms with Gasteiger partial charge in [0, 0.05) is 24.1 Å². The van der Waals surface area contributed by atoms with Crippen LogP contribution in [0.3, 0.4) is 0 Å². The van der Waals surface area contributed by atoms with E-state index in [-0.39, 0.29) is 11.4 Å². The zero-order chi connectivity index (χ0) is 23.7. The van der Waals surface area contributed by atoms with Crippen molar-refractivity contribution in [2.45, 2.75) is 44.4 Å². The first-order chi connectivity index (χ1) is 16.3. The number of thiazole rings is 1. The molecule has 0 bridgehead atoms. The molecule has 9 heteroatoms. The Labute approximate surface area is 198 Å². The number of rotatable bonds is 5. The van der Waals surface area contributed by atoms with E-state index >= 15 is 0 Å². The van der Waals surface area contributed by atoms with Gasteiger partial charge < -0.3 is 10.1 Å². The number of aromatic nitrogens is 2. The first-order valence-corrected chi connectivity index (χ1v) is 11.9. The minimum atomic E-state index is -4.80. The lowest BCUT2D eigenvalue weighted by atomic mass is 9.84. The van der Waals surface area contributed by atoms with Gasteiger partial charge in [-0.3, -0.25) is 9.20 Å². The number of halogens is 3. The molecule has 1 aliphatic rings. The van der Waals surface area contributed by atoms with Crippen LogP contribution in [0.1, 0.15) is 54.1 Å². The lowest BCUT2D eigenvalue weighted by molar-refractivity contribution is -0.274. The van der Waals surface area contributed by atoms with E-state index in [4.69, 9.17) is 0 Å². The Morgan fingerprint density at radius 2 is 1.82 bits per heavy atom. The number of imidazole rings is 1. The molecule has 1 fully saturated rings. The van der Waals surface area contributed by atoms with Gasteiger partial charge in [-0.1, -0.05) is 60.9 Å². The molecule has 2 heterocycles. The predicted molar refractivity (Wildman–Crippen MR) is 125 cm³/mol. The Hall–Kier alpha value is -3.33. The molecule has 2 aromatic heterocycles. The topological polar surface area (TPSA) is 55.6 Å². The fraction of sp³-hybridized carbons (Fsp3) is 0.280. The fourth-order valence-electron chi connectivity index (χ4n) is 4.36. The largest absolute Gasteiger partial charge is 0.573 e. The van der Waals surface area contributed by atoms with E-state index in [0.29, 0.717) is 10.9 Å². The van der Waals surface area contributed by atoms with Gasteiger partial charge in [-0.05, 0) is 42.0 Å². The van der Waals surface area contributed by atoms with Crippen LogP contribution in [0.5, 0.6) is 5.75 Å². The average Bonchev–Trinajstić information content (AvgIpc) is 3.39. The molecule has 0 spiro atoms. The molecule has 1 saturated carbocycles. The maximum atomic E-state index is 12.6. The molecule has 0 saturated heterocycles. The predicted octanol–water partition coefficient (Wildman–Crippen LogP) is 7.26. The third-order valence-corrected chi connectivity index (χ3v) is 7.03. The van der Waals surface area contributed by atoms with Gasteiger partial charge >= 0.3 is 6.36 Å². The van der Waals surface area contributed by atoms with Crippen LogP contribution in [-0.4, -0.2) is 21.7 Å². The number of ether oxygens (including phenoxy) is 1. The molecule has 4 aromatic rings. The number of benzene rings is 2. The van der Waals surface area contributed by atoms with Crippen molar-refractivity contribution in [1.29, 1.82) is 0 Å². The molecule has 5 nitrogen and oxygen atoms in total. The summed E-state index contributed by atoms with van der Waals surface area (Å²) in [5.74, 6) is -0.265. The van der Waals surface area contributed by atoms with E-state index in [1.165, 1.54) is 67.2 Å². The van der Waals surface area contributed by atoms with Gasteiger partial charge in [0.05, 0.1) is 4.88 Å². The normalized spacial score (nSPS) is 14.9. The number of hydrogen-bond donors (Lipinski definition) is 1. The van der Waals surface area contributed by atoms with Crippen LogP contribution in [0.15, 0.2) is 60.9 Å². The quantitative estimate of drug-likeness (QED) is 0.324. The fourth-order valence-corrected chi connectivity index (χ4v) is 5.33. The van der Waals surface area contributed by atoms with Crippen molar-refractivity contribution in [1.82, 2.24) is 9.38 Å². The van der Waals surface area contributed by atoms with E-state index in [1.807, 2.05) is 6.20 Å². The number of carbonyl (C=O) groups excluding carboxylic acids is 1. The highest BCUT2D eigenvalue weighted by Gasteiger charge is 2.31. The lowest BCUT2D eigenvalue weighted by Gasteiger charge is -2.22. The monoisotopic (exact) mass is 485 g/mol. The summed E-state index contributed by atoms with van der Waals surface area (Å²) in [5, 5.41) is 2.56. The molecule has 2 aromatic carbocycles. The summed E-state index contributed by atoms with van der Waals surface area (Å²) in [5.41, 5.74) is 2.85. The maximum Gasteiger partial charge on any atom is 0.573 e. The van der Waals surface area contributed by atoms with Crippen molar-refractivity contribution in [3.63, 3.8) is 0 Å². The Morgan fingerprint density at radius 3 is 2.53 bits per heavy atom. The van der Waals surface area contributed by atoms with E-state index in [1.54, 1.807) is 10.6 Å². The Kier molecular flexibility index (Phi) is 6.03. The van der Waals surface area contributed by atoms with Crippen molar-refractivity contribution in [2.24, 2.45) is 0 Å². The third-order valence-electron chi connectivity index (χ3n) is 5.99. The van der Waals surface area contributed by atoms with Crippen molar-refractivity contribution in [2.75, 3.05) is 5.32 Å². The SMILES string of the molecule is O=C(Nc1cccc(OC(F)(F)F)c1)c1cn2cc(-c3ccc(C4CCCCC4)cc3)sc2n1. The van der Waals surface area contributed by atoms with Crippen LogP contribution in [0.4, 0.5) is 18.9 Å². The van der Waals surface area contributed by atoms with Crippen LogP contribution in [0.2, 0.25) is 0 Å². The van der Waals surface area contributed by atoms with E-state index in [2.05, 4.69) is 39.3 Å². The Bertz CT molecular complexity index is 1270. The summed E-state index contributed by atoms with van der Waals surface area (Å²) >= 11 is 1.47. The molecule has 176 valence electrons. The highest BCUT2D eigenvalue weighted by molar-refractivity contribution is 7.20. The van der Waals surface area contributed by atoms with E-state index < -0.39 is 18.0 Å². The highest BCUT2D eigenvalue weighted by Crippen LogP contribution is 2.35. The van der Waals surface area contributed by atoms with Crippen LogP contribution in [-0.2, 0) is 0 Å². The highest BCUT2D eigenvalue weighted by atomic mass is 32.1. The molecule has 1 N–H and O–H groups in total. The molecular formula is C25H22F3N3O2S. The minimum absolute atomic E-state index is 0.174. The lowest BCUT2D eigenvalue weighted by Crippen LogP contribution is -2.17. The summed E-state index contributed by atoms with van der Waals surface area (Å²) in [4.78, 5) is 18.7. The number of alkyl halides is 3. The van der Waals surface area contributed by atoms with Gasteiger partial charge in [0.25, 0.3) is 5.91 Å². The molecule has 0 radical (unpaired) electrons. The smallest absolute Gasteiger partial charge is 0.406 e. The summed E-state index contributed by atoms with van der Waals surface area (Å²) in [6.45, 7) is 0. The van der Waals surface area contributed by atoms with Gasteiger partial charge in [-0.25, -0.2) is 4.98 Å². The zero-order valence-electron chi connectivity index (χ0n) is 18.1. The summed E-state index contributed by atoms with van der Waals surface area (Å²) < 4.78 is 42.9. The second-order valence-electron chi connectivity index (χ2n) is 8.40. The first-order valence-electron chi connectivity index (χ1n) is 11.1. The number of fused-ring (bicyclic) bond motifs is 1. The van der Waals surface area contributed by atoms with Gasteiger partial charge in [-0.15, -0.1) is 13.2 Å². The van der Waals surface area contributed by atoms with Crippen molar-refractivity contribution in [3.05, 3.63) is 72.2 Å². The minimum Gasteiger partial charge on any atom is -0.406 e. The molecule has 5 rings (SSSR count). The Morgan fingerprint density at radius 1 is 1.06 bits per heavy atom. The number of anilines is 1. The van der Waals surface area contributed by atoms with E-state index in [9.17, 15) is 18.0 Å². The zero-order valence-corrected chi connectivity index (χ0v) is 19.0. The van der Waals surface area contributed by atoms with Crippen molar-refractivity contribution >= 4 is 27.9 Å². The van der Waals surface area contributed by atoms with Crippen LogP contribution < -0.4 is 10.1 Å². The van der Waals surface area contributed by atoms with Crippen molar-refractivity contribution in [3.8, 4) is 16.2 Å². The number of hydrogen-bond acceptors (Lipinski definition) is 4. The second-order valence-corrected chi connectivity index (χ2v) is 9.41. The van der Waals surface area contributed by atoms with Crippen LogP contribution >= 0.6 is 11.3 Å². The first kappa shape index (κ1) is 22.5. The summed E-state index contributed by atoms with van der Waals surface area (Å²) in [6.07, 6.45) is 5.20. The second kappa shape index (κ2) is 9.13. The molecule has 0 unspecified atom stereocenters. The van der Waals surface area contributed by atoms with Gasteiger partial charge in [-0.2, -0.15) is 0 Å². The van der Waals surface area contributed by atoms with Gasteiger partial charge in [0.1, 0.15) is 11.4 Å². The number of nitrogens with zero attached hydrogens (tertiary/aromatic N) is 2. The van der Waals surface area contributed by atoms with Gasteiger partial charge in [0.15, 0.2) is 4.96 Å². The molecule has 0 aliphatic heterocycles. The van der Waals surface area contributed by atoms with E-state index in [0.717, 1.165) is 16.5 Å². The van der Waals surface area contributed by atoms with Crippen molar-refractivity contribution < 1.29 is 22.7 Å². The standard InChI is InChI=1S/C25H22F3N3O2S/c26-25(27,28)33-20-8-4-7-19(13-20)29-23(32)21-14-31-15-22(34-24(31)30-21)18-11-9-17(10-12-18)16-5-2-1-3-6-16/h4,7-16H,1-3,5-6H2,(H,29,32). The molecule has 34 heavy (non-hydrogen) atoms. The maximum absolute atomic E-state index is 12.6. The number of nitrogens with one attached hydrogen (secondary N) is 1. The molecule has 1 aliphatic carbocycles. The number of amides is 1.